The van der Waals surface area contributed by atoms with E-state index in [-0.39, 0.29) is 5.56 Å². The monoisotopic (exact) mass is 211 g/mol. The number of rotatable bonds is 5. The second kappa shape index (κ2) is 5.16. The van der Waals surface area contributed by atoms with Crippen LogP contribution in [0.25, 0.3) is 0 Å². The number of likely N-dealkylation sites (N-methyl/N-ethyl adjacent to an activating group) is 1. The smallest absolute Gasteiger partial charge is 0.266 e. The van der Waals surface area contributed by atoms with Gasteiger partial charge in [0.15, 0.2) is 0 Å². The predicted octanol–water partition coefficient (Wildman–Crippen LogP) is 0.936. The first-order valence-corrected chi connectivity index (χ1v) is 5.42. The Morgan fingerprint density at radius 1 is 1.47 bits per heavy atom. The Balaban J connectivity index is 2.65. The summed E-state index contributed by atoms with van der Waals surface area (Å²) >= 11 is 0. The van der Waals surface area contributed by atoms with Crippen LogP contribution in [-0.2, 0) is 13.0 Å². The van der Waals surface area contributed by atoms with Crippen LogP contribution in [0.5, 0.6) is 0 Å². The first kappa shape index (κ1) is 12.0. The van der Waals surface area contributed by atoms with Crippen LogP contribution in [0.4, 0.5) is 0 Å². The van der Waals surface area contributed by atoms with Gasteiger partial charge >= 0.3 is 0 Å². The van der Waals surface area contributed by atoms with Crippen LogP contribution < -0.4 is 5.56 Å². The molecule has 0 unspecified atom stereocenters. The lowest BCUT2D eigenvalue weighted by atomic mass is 10.1. The summed E-state index contributed by atoms with van der Waals surface area (Å²) in [6.45, 7) is 5.90. The molecule has 1 aromatic heterocycles. The van der Waals surface area contributed by atoms with Crippen LogP contribution in [0.1, 0.15) is 19.5 Å². The Hall–Kier alpha value is -1.03. The van der Waals surface area contributed by atoms with E-state index in [1.165, 1.54) is 0 Å². The quantitative estimate of drug-likeness (QED) is 0.787. The minimum atomic E-state index is 0.0764. The van der Waals surface area contributed by atoms with Crippen LogP contribution >= 0.6 is 0 Å². The van der Waals surface area contributed by atoms with Crippen molar-refractivity contribution in [1.29, 1.82) is 0 Å². The largest absolute Gasteiger partial charge is 0.308 e. The Kier molecular flexibility index (Phi) is 4.15. The van der Waals surface area contributed by atoms with Gasteiger partial charge in [0.05, 0.1) is 6.54 Å². The van der Waals surface area contributed by atoms with Crippen molar-refractivity contribution in [2.24, 2.45) is 5.92 Å². The molecule has 0 aliphatic rings. The van der Waals surface area contributed by atoms with Gasteiger partial charge in [0, 0.05) is 18.3 Å². The van der Waals surface area contributed by atoms with Crippen LogP contribution in [-0.4, -0.2) is 35.3 Å². The molecule has 15 heavy (non-hydrogen) atoms. The molecule has 0 spiro atoms. The summed E-state index contributed by atoms with van der Waals surface area (Å²) in [5.74, 6) is 0.574. The molecule has 0 radical (unpaired) electrons. The third kappa shape index (κ3) is 3.91. The Morgan fingerprint density at radius 2 is 2.13 bits per heavy atom. The van der Waals surface area contributed by atoms with Gasteiger partial charge < -0.3 is 4.90 Å². The Bertz CT molecular complexity index is 349. The second-order valence-corrected chi connectivity index (χ2v) is 4.67. The van der Waals surface area contributed by atoms with Gasteiger partial charge in [-0.05, 0) is 26.4 Å². The number of hydrogen-bond donors (Lipinski definition) is 1. The van der Waals surface area contributed by atoms with Crippen molar-refractivity contribution < 1.29 is 0 Å². The third-order valence-electron chi connectivity index (χ3n) is 2.24. The standard InChI is InChI=1S/C11H21N3O/c1-9(2)7-10-8-11(15)14(12-10)6-5-13(3)4/h8-9,12H,5-7H2,1-4H3. The van der Waals surface area contributed by atoms with Gasteiger partial charge in [-0.25, -0.2) is 0 Å². The summed E-state index contributed by atoms with van der Waals surface area (Å²) in [5.41, 5.74) is 1.11. The molecule has 0 amide bonds. The van der Waals surface area contributed by atoms with Gasteiger partial charge in [-0.3, -0.25) is 14.6 Å². The maximum atomic E-state index is 11.5. The highest BCUT2D eigenvalue weighted by Crippen LogP contribution is 2.02. The molecule has 1 N–H and O–H groups in total. The molecule has 0 bridgehead atoms. The number of nitrogens with zero attached hydrogens (tertiary/aromatic N) is 2. The number of aromatic amines is 1. The first-order chi connectivity index (χ1) is 6.99. The molecule has 0 aliphatic heterocycles. The van der Waals surface area contributed by atoms with Gasteiger partial charge in [0.2, 0.25) is 0 Å². The van der Waals surface area contributed by atoms with Crippen LogP contribution in [0.2, 0.25) is 0 Å². The molecule has 0 saturated carbocycles. The fourth-order valence-corrected chi connectivity index (χ4v) is 1.50. The molecular weight excluding hydrogens is 190 g/mol. The zero-order valence-corrected chi connectivity index (χ0v) is 10.1. The predicted molar refractivity (Wildman–Crippen MR) is 62.1 cm³/mol. The minimum Gasteiger partial charge on any atom is -0.308 e. The van der Waals surface area contributed by atoms with Gasteiger partial charge in [-0.2, -0.15) is 0 Å². The molecule has 0 aliphatic carbocycles. The lowest BCUT2D eigenvalue weighted by Crippen LogP contribution is -2.24. The SMILES string of the molecule is CC(C)Cc1cc(=O)n(CCN(C)C)[nH]1. The van der Waals surface area contributed by atoms with E-state index in [2.05, 4.69) is 23.8 Å². The summed E-state index contributed by atoms with van der Waals surface area (Å²) < 4.78 is 1.68. The lowest BCUT2D eigenvalue weighted by Gasteiger charge is -2.09. The van der Waals surface area contributed by atoms with Crippen molar-refractivity contribution in [3.05, 3.63) is 22.1 Å². The lowest BCUT2D eigenvalue weighted by molar-refractivity contribution is 0.369. The van der Waals surface area contributed by atoms with Gasteiger partial charge in [-0.15, -0.1) is 0 Å². The average Bonchev–Trinajstić information content (AvgIpc) is 2.41. The molecule has 86 valence electrons. The first-order valence-electron chi connectivity index (χ1n) is 5.42. The molecule has 0 aromatic carbocycles. The van der Waals surface area contributed by atoms with Gasteiger partial charge in [0.25, 0.3) is 5.56 Å². The maximum absolute atomic E-state index is 11.5. The Morgan fingerprint density at radius 3 is 2.67 bits per heavy atom. The Labute approximate surface area is 90.9 Å². The normalized spacial score (nSPS) is 11.6. The van der Waals surface area contributed by atoms with E-state index >= 15 is 0 Å². The summed E-state index contributed by atoms with van der Waals surface area (Å²) in [6, 6.07) is 1.70. The van der Waals surface area contributed by atoms with Crippen molar-refractivity contribution in [3.8, 4) is 0 Å². The minimum absolute atomic E-state index is 0.0764. The van der Waals surface area contributed by atoms with E-state index < -0.39 is 0 Å². The zero-order chi connectivity index (χ0) is 11.4. The molecule has 4 nitrogen and oxygen atoms in total. The fourth-order valence-electron chi connectivity index (χ4n) is 1.50. The maximum Gasteiger partial charge on any atom is 0.266 e. The number of hydrogen-bond acceptors (Lipinski definition) is 2. The van der Waals surface area contributed by atoms with Crippen molar-refractivity contribution in [3.63, 3.8) is 0 Å². The van der Waals surface area contributed by atoms with E-state index in [0.29, 0.717) is 5.92 Å². The topological polar surface area (TPSA) is 41.0 Å². The van der Waals surface area contributed by atoms with Crippen LogP contribution in [0.3, 0.4) is 0 Å². The molecule has 4 heteroatoms. The summed E-state index contributed by atoms with van der Waals surface area (Å²) in [4.78, 5) is 13.6. The van der Waals surface area contributed by atoms with Crippen molar-refractivity contribution in [2.75, 3.05) is 20.6 Å². The van der Waals surface area contributed by atoms with E-state index in [0.717, 1.165) is 25.2 Å². The van der Waals surface area contributed by atoms with Gasteiger partial charge in [-0.1, -0.05) is 13.8 Å². The third-order valence-corrected chi connectivity index (χ3v) is 2.24. The second-order valence-electron chi connectivity index (χ2n) is 4.67. The molecule has 1 rings (SSSR count). The highest BCUT2D eigenvalue weighted by Gasteiger charge is 2.04. The zero-order valence-electron chi connectivity index (χ0n) is 10.1. The van der Waals surface area contributed by atoms with Crippen LogP contribution in [0.15, 0.2) is 10.9 Å². The van der Waals surface area contributed by atoms with E-state index in [4.69, 9.17) is 0 Å². The summed E-state index contributed by atoms with van der Waals surface area (Å²) in [5, 5.41) is 3.15. The molecule has 0 saturated heterocycles. The number of nitrogens with one attached hydrogen (secondary N) is 1. The van der Waals surface area contributed by atoms with E-state index in [1.807, 2.05) is 14.1 Å². The average molecular weight is 211 g/mol. The summed E-state index contributed by atoms with van der Waals surface area (Å²) in [6.07, 6.45) is 0.935. The van der Waals surface area contributed by atoms with Gasteiger partial charge in [0.1, 0.15) is 0 Å². The number of H-pyrrole nitrogens is 1. The summed E-state index contributed by atoms with van der Waals surface area (Å²) in [7, 11) is 4.01. The fraction of sp³-hybridized carbons (Fsp3) is 0.727. The van der Waals surface area contributed by atoms with E-state index in [1.54, 1.807) is 10.7 Å². The van der Waals surface area contributed by atoms with Crippen molar-refractivity contribution >= 4 is 0 Å². The molecule has 0 fully saturated rings. The molecule has 1 heterocycles. The van der Waals surface area contributed by atoms with Crippen molar-refractivity contribution in [2.45, 2.75) is 26.8 Å². The van der Waals surface area contributed by atoms with E-state index in [9.17, 15) is 4.79 Å². The van der Waals surface area contributed by atoms with Crippen molar-refractivity contribution in [1.82, 2.24) is 14.7 Å². The van der Waals surface area contributed by atoms with Crippen LogP contribution in [0, 0.1) is 5.92 Å². The molecule has 0 atom stereocenters. The highest BCUT2D eigenvalue weighted by molar-refractivity contribution is 5.00. The highest BCUT2D eigenvalue weighted by atomic mass is 16.1. The molecule has 1 aromatic rings. The number of aromatic nitrogens is 2. The molecular formula is C11H21N3O.